The fourth-order valence-corrected chi connectivity index (χ4v) is 13.8. The molecule has 0 saturated carbocycles. The maximum atomic E-state index is 7.42. The van der Waals surface area contributed by atoms with E-state index in [1.165, 1.54) is 0 Å². The van der Waals surface area contributed by atoms with Crippen LogP contribution in [0.1, 0.15) is 55.6 Å². The summed E-state index contributed by atoms with van der Waals surface area (Å²) >= 11 is -6.65. The average Bonchev–Trinajstić information content (AvgIpc) is 3.00. The molecule has 0 amide bonds. The first-order chi connectivity index (χ1) is 21.8. The topological polar surface area (TPSA) is 46.2 Å². The quantitative estimate of drug-likeness (QED) is 0.136. The summed E-state index contributed by atoms with van der Waals surface area (Å²) in [4.78, 5) is 0. The molecule has 240 valence electrons. The van der Waals surface area contributed by atoms with Crippen LogP contribution >= 0.6 is 0 Å². The average molecular weight is 699 g/mol. The molecule has 0 atom stereocenters. The Balaban J connectivity index is 1.99. The van der Waals surface area contributed by atoms with Crippen LogP contribution in [0.4, 0.5) is 0 Å². The Hall–Kier alpha value is -4.16. The molecule has 5 aromatic rings. The van der Waals surface area contributed by atoms with Crippen LogP contribution in [0.2, 0.25) is 0 Å². The molecule has 0 radical (unpaired) electrons. The monoisotopic (exact) mass is 698 g/mol. The zero-order valence-electron chi connectivity index (χ0n) is 28.6. The first-order valence-corrected chi connectivity index (χ1v) is 20.1. The van der Waals surface area contributed by atoms with E-state index in [0.717, 1.165) is 55.6 Å². The van der Waals surface area contributed by atoms with Gasteiger partial charge in [0, 0.05) is 0 Å². The van der Waals surface area contributed by atoms with E-state index in [4.69, 9.17) is 16.2 Å². The summed E-state index contributed by atoms with van der Waals surface area (Å²) < 4.78 is 37.1. The first-order valence-electron chi connectivity index (χ1n) is 15.7. The molecule has 0 aliphatic carbocycles. The number of hydrogen-bond acceptors (Lipinski definition) is 5. The zero-order chi connectivity index (χ0) is 33.2. The number of para-hydroxylation sites is 5. The van der Waals surface area contributed by atoms with E-state index in [0.29, 0.717) is 28.7 Å². The van der Waals surface area contributed by atoms with Gasteiger partial charge in [-0.05, 0) is 0 Å². The van der Waals surface area contributed by atoms with Crippen molar-refractivity contribution >= 4 is 0 Å². The number of hydrogen-bond donors (Lipinski definition) is 0. The molecule has 0 fully saturated rings. The molecule has 46 heavy (non-hydrogen) atoms. The van der Waals surface area contributed by atoms with Crippen molar-refractivity contribution in [3.63, 3.8) is 0 Å². The SMILES string of the molecule is Cc1cccc(C)c1[O][Nb]([O]c1c(C)cccc1C)([O]c1c(C)cccc1C)([O]c1c(C)cccc1C)[O]c1c(C)cccc1C. The van der Waals surface area contributed by atoms with Gasteiger partial charge in [0.25, 0.3) is 0 Å². The van der Waals surface area contributed by atoms with Crippen LogP contribution in [0, 0.1) is 69.2 Å². The summed E-state index contributed by atoms with van der Waals surface area (Å²) in [5.74, 6) is 2.98. The Labute approximate surface area is 277 Å². The second kappa shape index (κ2) is 12.9. The Morgan fingerprint density at radius 2 is 0.391 bits per heavy atom. The van der Waals surface area contributed by atoms with Crippen molar-refractivity contribution in [2.24, 2.45) is 0 Å². The molecule has 0 unspecified atom stereocenters. The van der Waals surface area contributed by atoms with E-state index in [2.05, 4.69) is 0 Å². The van der Waals surface area contributed by atoms with Gasteiger partial charge >= 0.3 is 279 Å². The zero-order valence-corrected chi connectivity index (χ0v) is 30.8. The van der Waals surface area contributed by atoms with Gasteiger partial charge < -0.3 is 0 Å². The van der Waals surface area contributed by atoms with Crippen LogP contribution in [-0.4, -0.2) is 0 Å². The van der Waals surface area contributed by atoms with Crippen LogP contribution in [-0.2, 0) is 17.8 Å². The fraction of sp³-hybridized carbons (Fsp3) is 0.250. The Bertz CT molecular complexity index is 1480. The summed E-state index contributed by atoms with van der Waals surface area (Å²) in [6, 6.07) is 30.2. The third-order valence-corrected chi connectivity index (χ3v) is 14.2. The van der Waals surface area contributed by atoms with Crippen LogP contribution in [0.5, 0.6) is 28.7 Å². The predicted molar refractivity (Wildman–Crippen MR) is 183 cm³/mol. The van der Waals surface area contributed by atoms with Crippen molar-refractivity contribution in [3.8, 4) is 28.7 Å². The van der Waals surface area contributed by atoms with Gasteiger partial charge in [-0.2, -0.15) is 0 Å². The van der Waals surface area contributed by atoms with Gasteiger partial charge in [0.15, 0.2) is 0 Å². The van der Waals surface area contributed by atoms with Crippen molar-refractivity contribution in [1.29, 1.82) is 0 Å². The van der Waals surface area contributed by atoms with Gasteiger partial charge in [-0.15, -0.1) is 0 Å². The number of benzene rings is 5. The molecule has 0 aromatic heterocycles. The molecule has 5 aromatic carbocycles. The third kappa shape index (κ3) is 6.54. The second-order valence-electron chi connectivity index (χ2n) is 12.3. The molecule has 0 bridgehead atoms. The summed E-state index contributed by atoms with van der Waals surface area (Å²) in [7, 11) is 0. The Morgan fingerprint density at radius 3 is 0.522 bits per heavy atom. The van der Waals surface area contributed by atoms with Gasteiger partial charge in [0.2, 0.25) is 0 Å². The molecule has 5 nitrogen and oxygen atoms in total. The minimum atomic E-state index is -6.65. The normalized spacial score (nSPS) is 12.2. The molecule has 5 rings (SSSR count). The summed E-state index contributed by atoms with van der Waals surface area (Å²) in [6.07, 6.45) is 0. The molecule has 0 N–H and O–H groups in total. The molecular weight excluding hydrogens is 653 g/mol. The maximum absolute atomic E-state index is 7.42. The van der Waals surface area contributed by atoms with Crippen LogP contribution in [0.15, 0.2) is 91.0 Å². The van der Waals surface area contributed by atoms with Crippen molar-refractivity contribution in [2.75, 3.05) is 0 Å². The van der Waals surface area contributed by atoms with Crippen molar-refractivity contribution in [1.82, 2.24) is 0 Å². The third-order valence-electron chi connectivity index (χ3n) is 8.25. The van der Waals surface area contributed by atoms with Gasteiger partial charge in [-0.3, -0.25) is 0 Å². The predicted octanol–water partition coefficient (Wildman–Crippen LogP) is 10.7. The second-order valence-corrected chi connectivity index (χ2v) is 18.2. The van der Waals surface area contributed by atoms with E-state index in [1.54, 1.807) is 0 Å². The standard InChI is InChI=1S/5C8H10O.Nb/c5*1-6-4-3-5-7(2)8(6)9;/h5*3-5,9H,1-2H3;/q;;;;;+5/p-5. The van der Waals surface area contributed by atoms with Crippen LogP contribution in [0.3, 0.4) is 0 Å². The minimum absolute atomic E-state index is 0.597. The van der Waals surface area contributed by atoms with Crippen molar-refractivity contribution in [2.45, 2.75) is 69.2 Å². The Kier molecular flexibility index (Phi) is 9.33. The Morgan fingerprint density at radius 1 is 0.261 bits per heavy atom. The van der Waals surface area contributed by atoms with Gasteiger partial charge in [-0.1, -0.05) is 0 Å². The molecule has 6 heteroatoms. The number of aryl methyl sites for hydroxylation is 10. The molecule has 0 saturated heterocycles. The molecule has 0 heterocycles. The molecular formula is C40H45NbO5. The number of rotatable bonds is 10. The van der Waals surface area contributed by atoms with E-state index < -0.39 is 17.8 Å². The summed E-state index contributed by atoms with van der Waals surface area (Å²) in [5.41, 5.74) is 9.06. The summed E-state index contributed by atoms with van der Waals surface area (Å²) in [5, 5.41) is 0. The van der Waals surface area contributed by atoms with Crippen LogP contribution in [0.25, 0.3) is 0 Å². The molecule has 0 aliphatic rings. The van der Waals surface area contributed by atoms with Gasteiger partial charge in [0.1, 0.15) is 0 Å². The molecule has 0 spiro atoms. The van der Waals surface area contributed by atoms with E-state index >= 15 is 0 Å². The first kappa shape index (κ1) is 33.2. The van der Waals surface area contributed by atoms with Crippen molar-refractivity contribution in [3.05, 3.63) is 147 Å². The van der Waals surface area contributed by atoms with Gasteiger partial charge in [-0.25, -0.2) is 0 Å². The fourth-order valence-electron chi connectivity index (χ4n) is 5.65. The van der Waals surface area contributed by atoms with Crippen LogP contribution < -0.4 is 16.2 Å². The van der Waals surface area contributed by atoms with E-state index in [1.807, 2.05) is 160 Å². The van der Waals surface area contributed by atoms with Gasteiger partial charge in [0.05, 0.1) is 0 Å². The van der Waals surface area contributed by atoms with Crippen molar-refractivity contribution < 1.29 is 34.0 Å². The molecule has 0 aliphatic heterocycles. The van der Waals surface area contributed by atoms with E-state index in [9.17, 15) is 0 Å². The van der Waals surface area contributed by atoms with E-state index in [-0.39, 0.29) is 0 Å². The summed E-state index contributed by atoms with van der Waals surface area (Å²) in [6.45, 7) is 20.2.